The van der Waals surface area contributed by atoms with Crippen molar-refractivity contribution >= 4 is 29.0 Å². The van der Waals surface area contributed by atoms with E-state index in [1.54, 1.807) is 11.1 Å². The van der Waals surface area contributed by atoms with E-state index in [-0.39, 0.29) is 36.2 Å². The van der Waals surface area contributed by atoms with Crippen molar-refractivity contribution in [2.24, 2.45) is 11.8 Å². The molecule has 0 bridgehead atoms. The number of aromatic nitrogens is 2. The summed E-state index contributed by atoms with van der Waals surface area (Å²) in [6.45, 7) is 9.90. The smallest absolute Gasteiger partial charge is 0.410 e. The van der Waals surface area contributed by atoms with Crippen LogP contribution in [0.5, 0.6) is 0 Å². The van der Waals surface area contributed by atoms with Gasteiger partial charge in [0.05, 0.1) is 29.5 Å². The van der Waals surface area contributed by atoms with Gasteiger partial charge in [0.25, 0.3) is 0 Å². The molecule has 5 rings (SSSR count). The van der Waals surface area contributed by atoms with Gasteiger partial charge in [-0.2, -0.15) is 5.10 Å². The van der Waals surface area contributed by atoms with Gasteiger partial charge < -0.3 is 29.1 Å². The van der Waals surface area contributed by atoms with Crippen LogP contribution in [0, 0.1) is 17.7 Å². The third-order valence-corrected chi connectivity index (χ3v) is 9.28. The predicted molar refractivity (Wildman–Crippen MR) is 169 cm³/mol. The number of nitrogens with zero attached hydrogens (tertiary/aromatic N) is 4. The molecule has 1 amide bonds. The highest BCUT2D eigenvalue weighted by Gasteiger charge is 2.29. The molecule has 4 heterocycles. The number of piperazine rings is 1. The number of fused-ring (bicyclic) bond motifs is 1. The SMILES string of the molecule is C/C(=C\c1cc(F)c2cn(C3CCOCC3)nc2c1)[C@H]1OC(=O)C[C@H](O)CC[C@H](C)[C@@H](OC(=O)N2CCN(C)CC2)/C=C/[C@@H]1C. The Labute approximate surface area is 264 Å². The number of hydrogen-bond acceptors (Lipinski definition) is 8. The first-order valence-electron chi connectivity index (χ1n) is 16.2. The van der Waals surface area contributed by atoms with Crippen molar-refractivity contribution in [3.63, 3.8) is 0 Å². The Morgan fingerprint density at radius 3 is 2.56 bits per heavy atom. The van der Waals surface area contributed by atoms with Crippen LogP contribution >= 0.6 is 0 Å². The summed E-state index contributed by atoms with van der Waals surface area (Å²) in [5.41, 5.74) is 1.89. The Kier molecular flexibility index (Phi) is 10.9. The Balaban J connectivity index is 1.37. The predicted octanol–water partition coefficient (Wildman–Crippen LogP) is 4.97. The Morgan fingerprint density at radius 1 is 1.09 bits per heavy atom. The Bertz CT molecular complexity index is 1390. The van der Waals surface area contributed by atoms with Crippen LogP contribution in [0.4, 0.5) is 9.18 Å². The van der Waals surface area contributed by atoms with E-state index >= 15 is 4.39 Å². The van der Waals surface area contributed by atoms with Crippen LogP contribution in [0.1, 0.15) is 64.5 Å². The van der Waals surface area contributed by atoms with Gasteiger partial charge in [-0.25, -0.2) is 9.18 Å². The van der Waals surface area contributed by atoms with Crippen molar-refractivity contribution < 1.29 is 33.3 Å². The lowest BCUT2D eigenvalue weighted by Crippen LogP contribution is -2.48. The van der Waals surface area contributed by atoms with Crippen molar-refractivity contribution in [2.75, 3.05) is 46.4 Å². The number of benzene rings is 1. The number of esters is 1. The summed E-state index contributed by atoms with van der Waals surface area (Å²) in [6, 6.07) is 3.49. The van der Waals surface area contributed by atoms with Crippen molar-refractivity contribution in [1.29, 1.82) is 0 Å². The highest BCUT2D eigenvalue weighted by molar-refractivity contribution is 5.82. The highest BCUT2D eigenvalue weighted by Crippen LogP contribution is 2.29. The molecular weight excluding hydrogens is 579 g/mol. The summed E-state index contributed by atoms with van der Waals surface area (Å²) < 4.78 is 34.5. The molecule has 0 spiro atoms. The molecule has 1 N–H and O–H groups in total. The zero-order valence-corrected chi connectivity index (χ0v) is 26.9. The number of aliphatic hydroxyl groups is 1. The number of aliphatic hydroxyl groups excluding tert-OH is 1. The maximum absolute atomic E-state index is 15.3. The zero-order chi connectivity index (χ0) is 32.1. The molecule has 11 heteroatoms. The molecule has 2 aromatic rings. The lowest BCUT2D eigenvalue weighted by atomic mass is 9.91. The van der Waals surface area contributed by atoms with Crippen LogP contribution in [0.15, 0.2) is 36.1 Å². The molecule has 0 saturated carbocycles. The third kappa shape index (κ3) is 8.51. The standard InChI is InChI=1S/C34H47FN4O6/c1-22-5-7-27(40)20-32(41)45-33(23(2)6-8-31(22)44-34(42)38-13-11-37(4)12-14-38)24(3)17-25-18-29(35)28-21-39(36-30(28)19-25)26-9-15-43-16-10-26/h6,8,17-19,21-23,26-27,31,33,40H,5,7,9-16,20H2,1-4H3/b8-6+,24-17+/t22-,23-,27+,31-,33-/m0/s1. The number of amides is 1. The fourth-order valence-corrected chi connectivity index (χ4v) is 6.31. The molecule has 0 aliphatic carbocycles. The normalized spacial score (nSPS) is 29.1. The Morgan fingerprint density at radius 2 is 1.82 bits per heavy atom. The molecule has 2 fully saturated rings. The van der Waals surface area contributed by atoms with Gasteiger partial charge in [-0.3, -0.25) is 9.48 Å². The molecule has 246 valence electrons. The van der Waals surface area contributed by atoms with E-state index in [0.29, 0.717) is 61.2 Å². The number of cyclic esters (lactones) is 1. The van der Waals surface area contributed by atoms with Crippen molar-refractivity contribution in [1.82, 2.24) is 19.6 Å². The lowest BCUT2D eigenvalue weighted by Gasteiger charge is -2.33. The Hall–Kier alpha value is -3.28. The van der Waals surface area contributed by atoms with Crippen LogP contribution in [0.25, 0.3) is 17.0 Å². The van der Waals surface area contributed by atoms with Crippen LogP contribution in [-0.2, 0) is 19.0 Å². The monoisotopic (exact) mass is 626 g/mol. The minimum absolute atomic E-state index is 0.0688. The van der Waals surface area contributed by atoms with E-state index in [9.17, 15) is 14.7 Å². The van der Waals surface area contributed by atoms with Crippen LogP contribution in [-0.4, -0.2) is 102 Å². The number of carbonyl (C=O) groups is 2. The van der Waals surface area contributed by atoms with E-state index in [0.717, 1.165) is 25.9 Å². The quantitative estimate of drug-likeness (QED) is 0.375. The van der Waals surface area contributed by atoms with Gasteiger partial charge in [-0.15, -0.1) is 0 Å². The van der Waals surface area contributed by atoms with Gasteiger partial charge >= 0.3 is 12.1 Å². The van der Waals surface area contributed by atoms with E-state index in [2.05, 4.69) is 10.00 Å². The van der Waals surface area contributed by atoms with Crippen molar-refractivity contribution in [3.8, 4) is 0 Å². The summed E-state index contributed by atoms with van der Waals surface area (Å²) in [5.74, 6) is -1.22. The van der Waals surface area contributed by atoms with E-state index in [4.69, 9.17) is 14.2 Å². The maximum atomic E-state index is 15.3. The van der Waals surface area contributed by atoms with Crippen molar-refractivity contribution in [3.05, 3.63) is 47.4 Å². The molecule has 1 aromatic heterocycles. The zero-order valence-electron chi connectivity index (χ0n) is 26.9. The first-order valence-corrected chi connectivity index (χ1v) is 16.2. The third-order valence-electron chi connectivity index (χ3n) is 9.28. The number of hydrogen-bond donors (Lipinski definition) is 1. The molecule has 0 unspecified atom stereocenters. The second kappa shape index (κ2) is 14.9. The largest absolute Gasteiger partial charge is 0.457 e. The second-order valence-electron chi connectivity index (χ2n) is 13.0. The summed E-state index contributed by atoms with van der Waals surface area (Å²) in [4.78, 5) is 29.9. The molecular formula is C34H47FN4O6. The van der Waals surface area contributed by atoms with Crippen LogP contribution < -0.4 is 0 Å². The highest BCUT2D eigenvalue weighted by atomic mass is 19.1. The summed E-state index contributed by atoms with van der Waals surface area (Å²) in [6.07, 6.45) is 7.46. The van der Waals surface area contributed by atoms with E-state index < -0.39 is 24.3 Å². The topological polar surface area (TPSA) is 106 Å². The number of halogens is 1. The molecule has 1 aromatic carbocycles. The number of ether oxygens (including phenoxy) is 3. The van der Waals surface area contributed by atoms with Crippen LogP contribution in [0.3, 0.4) is 0 Å². The molecule has 3 aliphatic heterocycles. The summed E-state index contributed by atoms with van der Waals surface area (Å²) in [7, 11) is 2.03. The van der Waals surface area contributed by atoms with Gasteiger partial charge in [0.2, 0.25) is 0 Å². The fraction of sp³-hybridized carbons (Fsp3) is 0.618. The first kappa shape index (κ1) is 33.1. The molecule has 5 atom stereocenters. The molecule has 10 nitrogen and oxygen atoms in total. The van der Waals surface area contributed by atoms with E-state index in [1.807, 2.05) is 56.8 Å². The number of carbonyl (C=O) groups excluding carboxylic acids is 2. The minimum Gasteiger partial charge on any atom is -0.457 e. The number of rotatable bonds is 4. The summed E-state index contributed by atoms with van der Waals surface area (Å²) in [5, 5.41) is 15.8. The summed E-state index contributed by atoms with van der Waals surface area (Å²) >= 11 is 0. The average molecular weight is 627 g/mol. The fourth-order valence-electron chi connectivity index (χ4n) is 6.31. The van der Waals surface area contributed by atoms with Gasteiger partial charge in [-0.1, -0.05) is 26.0 Å². The first-order chi connectivity index (χ1) is 21.6. The minimum atomic E-state index is -0.875. The van der Waals surface area contributed by atoms with Crippen LogP contribution in [0.2, 0.25) is 0 Å². The molecule has 45 heavy (non-hydrogen) atoms. The molecule has 2 saturated heterocycles. The van der Waals surface area contributed by atoms with Crippen molar-refractivity contribution in [2.45, 2.75) is 77.2 Å². The van der Waals surface area contributed by atoms with Gasteiger partial charge in [0.1, 0.15) is 18.0 Å². The average Bonchev–Trinajstić information content (AvgIpc) is 3.45. The van der Waals surface area contributed by atoms with Gasteiger partial charge in [-0.05, 0) is 74.9 Å². The van der Waals surface area contributed by atoms with Gasteiger partial charge in [0.15, 0.2) is 0 Å². The number of likely N-dealkylation sites (N-methyl/N-ethyl adjacent to an activating group) is 1. The lowest BCUT2D eigenvalue weighted by molar-refractivity contribution is -0.151. The molecule has 0 radical (unpaired) electrons. The molecule has 3 aliphatic rings. The van der Waals surface area contributed by atoms with Gasteiger partial charge in [0, 0.05) is 51.5 Å². The maximum Gasteiger partial charge on any atom is 0.410 e. The second-order valence-corrected chi connectivity index (χ2v) is 13.0. The van der Waals surface area contributed by atoms with E-state index in [1.165, 1.54) is 6.07 Å².